The summed E-state index contributed by atoms with van der Waals surface area (Å²) < 4.78 is 33.0. The van der Waals surface area contributed by atoms with Crippen LogP contribution in [-0.4, -0.2) is 159 Å². The number of halogens is 2. The van der Waals surface area contributed by atoms with Crippen LogP contribution in [0.2, 0.25) is 0 Å². The summed E-state index contributed by atoms with van der Waals surface area (Å²) in [5, 5.41) is 17.0. The van der Waals surface area contributed by atoms with E-state index in [2.05, 4.69) is 58.4 Å². The Morgan fingerprint density at radius 3 is 2.42 bits per heavy atom. The fourth-order valence-electron chi connectivity index (χ4n) is 10.6. The Balaban J connectivity index is 0.729. The molecule has 6 aliphatic rings. The number of likely N-dealkylation sites (tertiary alicyclic amines) is 1. The quantitative estimate of drug-likeness (QED) is 0.0755. The smallest absolute Gasteiger partial charge is 0.257 e. The molecule has 1 aromatic heterocycles. The highest BCUT2D eigenvalue weighted by Gasteiger charge is 2.40. The number of aliphatic hydroxyl groups is 1. The number of amides is 3. The van der Waals surface area contributed by atoms with Crippen molar-refractivity contribution in [2.24, 2.45) is 0 Å². The molecule has 3 amide bonds. The molecule has 0 saturated carbocycles. The maximum absolute atomic E-state index is 15.3. The third-order valence-corrected chi connectivity index (χ3v) is 15.7. The monoisotopic (exact) mass is 926 g/mol. The molecule has 3 aromatic rings. The van der Waals surface area contributed by atoms with Crippen LogP contribution in [0.4, 0.5) is 26.1 Å². The van der Waals surface area contributed by atoms with Gasteiger partial charge in [-0.05, 0) is 76.6 Å². The van der Waals surface area contributed by atoms with Gasteiger partial charge in [-0.15, -0.1) is 0 Å². The highest BCUT2D eigenvalue weighted by Crippen LogP contribution is 2.38. The molecule has 3 N–H and O–H groups in total. The van der Waals surface area contributed by atoms with Crippen LogP contribution in [0.3, 0.4) is 0 Å². The average molecular weight is 927 g/mol. The molecule has 9 rings (SSSR count). The molecule has 66 heavy (non-hydrogen) atoms. The molecule has 5 aliphatic heterocycles. The van der Waals surface area contributed by atoms with Gasteiger partial charge >= 0.3 is 0 Å². The molecule has 4 fully saturated rings. The van der Waals surface area contributed by atoms with Crippen LogP contribution in [0.1, 0.15) is 85.1 Å². The molecule has 4 saturated heterocycles. The molecule has 352 valence electrons. The van der Waals surface area contributed by atoms with Gasteiger partial charge in [-0.25, -0.2) is 23.1 Å². The lowest BCUT2D eigenvalue weighted by molar-refractivity contribution is -0.136. The Hall–Kier alpha value is -5.01. The number of nitrogens with zero attached hydrogens (tertiary/aromatic N) is 8. The SMILES string of the molecule is CC(C)N1CCCc2c(F)cc(-c3nc(N[C@]4(O)C=CC(SN5CCN(C6CCN(C7CN(c8cccc(C=O)c8C(=O)N(C)C8CCC(=O)NC8=O)C7)CC6)CC5)CC4)ncc3F)cc21. The van der Waals surface area contributed by atoms with Crippen LogP contribution in [0.15, 0.2) is 48.7 Å². The summed E-state index contributed by atoms with van der Waals surface area (Å²) in [6, 6.07) is 8.68. The van der Waals surface area contributed by atoms with Crippen LogP contribution >= 0.6 is 11.9 Å². The van der Waals surface area contributed by atoms with Crippen LogP contribution in [-0.2, 0) is 16.0 Å². The van der Waals surface area contributed by atoms with E-state index in [0.717, 1.165) is 96.5 Å². The standard InChI is InChI=1S/C48H60F2N10O5S/c1-30(2)60-17-5-7-36-37(49)24-32(25-41(36)60)44-38(50)26-51-47(53-44)54-48(65)15-11-35(12-16-48)66-59-22-20-57(21-23-59)33-13-18-56(19-14-33)34-27-58(28-34)39-8-4-6-31(29-61)43(39)46(64)55(3)40-9-10-42(62)52-45(40)63/h4,6,8,11,15,24-26,29-30,33-35,40,65H,5,7,9-10,12-14,16-23,27-28H2,1-3H3,(H,51,53,54)(H,52,62,63)/t35?,40?,48-/m0/s1. The Bertz CT molecular complexity index is 2370. The molecule has 0 radical (unpaired) electrons. The van der Waals surface area contributed by atoms with Gasteiger partial charge in [0.2, 0.25) is 17.8 Å². The van der Waals surface area contributed by atoms with E-state index in [0.29, 0.717) is 53.6 Å². The third kappa shape index (κ3) is 9.57. The van der Waals surface area contributed by atoms with Gasteiger partial charge in [-0.1, -0.05) is 30.2 Å². The predicted octanol–water partition coefficient (Wildman–Crippen LogP) is 4.71. The molecule has 0 bridgehead atoms. The van der Waals surface area contributed by atoms with Crippen LogP contribution < -0.4 is 20.4 Å². The molecule has 0 spiro atoms. The van der Waals surface area contributed by atoms with Crippen molar-refractivity contribution in [1.82, 2.24) is 34.3 Å². The van der Waals surface area contributed by atoms with Crippen LogP contribution in [0.5, 0.6) is 0 Å². The summed E-state index contributed by atoms with van der Waals surface area (Å²) in [5.41, 5.74) is 1.59. The van der Waals surface area contributed by atoms with Crippen molar-refractivity contribution in [3.8, 4) is 11.3 Å². The number of likely N-dealkylation sites (N-methyl/N-ethyl adjacent to an activating group) is 1. The molecular formula is C48H60F2N10O5S. The number of piperidine rings is 2. The summed E-state index contributed by atoms with van der Waals surface area (Å²) in [4.78, 5) is 69.5. The highest BCUT2D eigenvalue weighted by atomic mass is 32.2. The van der Waals surface area contributed by atoms with Crippen molar-refractivity contribution in [3.05, 3.63) is 77.0 Å². The molecule has 18 heteroatoms. The van der Waals surface area contributed by atoms with E-state index < -0.39 is 29.4 Å². The first-order valence-corrected chi connectivity index (χ1v) is 24.3. The van der Waals surface area contributed by atoms with E-state index in [-0.39, 0.29) is 53.1 Å². The fourth-order valence-corrected chi connectivity index (χ4v) is 11.7. The number of carbonyl (C=O) groups is 4. The number of fused-ring (bicyclic) bond motifs is 1. The Morgan fingerprint density at radius 1 is 0.970 bits per heavy atom. The summed E-state index contributed by atoms with van der Waals surface area (Å²) >= 11 is 1.82. The lowest BCUT2D eigenvalue weighted by atomic mass is 9.95. The number of carbonyl (C=O) groups excluding carboxylic acids is 4. The first-order chi connectivity index (χ1) is 31.8. The second-order valence-electron chi connectivity index (χ2n) is 18.9. The third-order valence-electron chi connectivity index (χ3n) is 14.4. The Morgan fingerprint density at radius 2 is 1.73 bits per heavy atom. The zero-order valence-electron chi connectivity index (χ0n) is 37.9. The van der Waals surface area contributed by atoms with E-state index >= 15 is 8.78 Å². The first-order valence-electron chi connectivity index (χ1n) is 23.4. The summed E-state index contributed by atoms with van der Waals surface area (Å²) in [5.74, 6) is -2.22. The van der Waals surface area contributed by atoms with Crippen molar-refractivity contribution < 1.29 is 33.1 Å². The number of benzene rings is 2. The maximum Gasteiger partial charge on any atom is 0.257 e. The number of imide groups is 1. The number of rotatable bonds is 12. The minimum absolute atomic E-state index is 0.0148. The van der Waals surface area contributed by atoms with Gasteiger partial charge in [0.1, 0.15) is 17.6 Å². The van der Waals surface area contributed by atoms with Gasteiger partial charge in [0.25, 0.3) is 5.91 Å². The van der Waals surface area contributed by atoms with Gasteiger partial charge in [0, 0.05) is 125 Å². The Kier molecular flexibility index (Phi) is 13.5. The minimum Gasteiger partial charge on any atom is -0.369 e. The first kappa shape index (κ1) is 46.1. The second-order valence-corrected chi connectivity index (χ2v) is 20.2. The number of hydrogen-bond donors (Lipinski definition) is 3. The lowest BCUT2D eigenvalue weighted by Crippen LogP contribution is -2.62. The summed E-state index contributed by atoms with van der Waals surface area (Å²) in [6.45, 7) is 12.3. The number of nitrogens with one attached hydrogen (secondary N) is 2. The second kappa shape index (κ2) is 19.3. The van der Waals surface area contributed by atoms with Crippen molar-refractivity contribution in [2.75, 3.05) is 81.1 Å². The van der Waals surface area contributed by atoms with Crippen molar-refractivity contribution in [3.63, 3.8) is 0 Å². The summed E-state index contributed by atoms with van der Waals surface area (Å²) in [7, 11) is 1.55. The average Bonchev–Trinajstić information content (AvgIpc) is 3.29. The number of hydrogen-bond acceptors (Lipinski definition) is 14. The predicted molar refractivity (Wildman–Crippen MR) is 250 cm³/mol. The molecule has 3 atom stereocenters. The Labute approximate surface area is 389 Å². The largest absolute Gasteiger partial charge is 0.369 e. The van der Waals surface area contributed by atoms with Crippen molar-refractivity contribution in [1.29, 1.82) is 0 Å². The topological polar surface area (TPSA) is 158 Å². The lowest BCUT2D eigenvalue weighted by Gasteiger charge is -2.50. The van der Waals surface area contributed by atoms with E-state index in [4.69, 9.17) is 0 Å². The van der Waals surface area contributed by atoms with Crippen LogP contribution in [0, 0.1) is 11.6 Å². The fraction of sp³-hybridized carbons (Fsp3) is 0.542. The number of piperazine rings is 1. The maximum atomic E-state index is 15.3. The zero-order chi connectivity index (χ0) is 46.3. The number of aromatic nitrogens is 2. The number of anilines is 3. The highest BCUT2D eigenvalue weighted by molar-refractivity contribution is 7.97. The molecular weight excluding hydrogens is 867 g/mol. The normalized spacial score (nSPS) is 24.8. The van der Waals surface area contributed by atoms with Gasteiger partial charge in [-0.2, -0.15) is 0 Å². The van der Waals surface area contributed by atoms with Crippen molar-refractivity contribution >= 4 is 53.3 Å². The van der Waals surface area contributed by atoms with Gasteiger partial charge in [-0.3, -0.25) is 34.3 Å². The molecule has 1 aliphatic carbocycles. The van der Waals surface area contributed by atoms with E-state index in [1.54, 1.807) is 25.3 Å². The summed E-state index contributed by atoms with van der Waals surface area (Å²) in [6.07, 6.45) is 10.7. The van der Waals surface area contributed by atoms with Gasteiger partial charge in [0.15, 0.2) is 17.8 Å². The number of aldehydes is 1. The molecule has 15 nitrogen and oxygen atoms in total. The zero-order valence-corrected chi connectivity index (χ0v) is 38.7. The molecule has 2 unspecified atom stereocenters. The molecule has 6 heterocycles. The van der Waals surface area contributed by atoms with Gasteiger partial charge < -0.3 is 25.1 Å². The van der Waals surface area contributed by atoms with Gasteiger partial charge in [0.05, 0.1) is 17.4 Å². The van der Waals surface area contributed by atoms with E-state index in [9.17, 15) is 24.3 Å². The van der Waals surface area contributed by atoms with Crippen molar-refractivity contribution in [2.45, 2.75) is 100 Å². The minimum atomic E-state index is -1.41. The van der Waals surface area contributed by atoms with E-state index in [1.165, 1.54) is 11.0 Å². The molecule has 2 aromatic carbocycles. The van der Waals surface area contributed by atoms with Crippen LogP contribution in [0.25, 0.3) is 11.3 Å². The van der Waals surface area contributed by atoms with E-state index in [1.807, 2.05) is 30.2 Å².